The average Bonchev–Trinajstić information content (AvgIpc) is 3.06. The van der Waals surface area contributed by atoms with Gasteiger partial charge in [0.2, 0.25) is 5.91 Å². The molecular formula is C18H17N3O5S. The molecule has 8 nitrogen and oxygen atoms in total. The number of amidine groups is 1. The third-order valence-electron chi connectivity index (χ3n) is 3.78. The highest BCUT2D eigenvalue weighted by atomic mass is 32.2. The van der Waals surface area contributed by atoms with Gasteiger partial charge in [-0.05, 0) is 36.4 Å². The van der Waals surface area contributed by atoms with Crippen molar-refractivity contribution >= 4 is 34.4 Å². The smallest absolute Gasteiger partial charge is 0.271 e. The molecule has 2 amide bonds. The number of methoxy groups -OCH3 is 2. The van der Waals surface area contributed by atoms with Crippen molar-refractivity contribution in [3.8, 4) is 17.2 Å². The monoisotopic (exact) mass is 387 g/mol. The van der Waals surface area contributed by atoms with Crippen molar-refractivity contribution in [1.29, 1.82) is 0 Å². The molecule has 0 saturated carbocycles. The van der Waals surface area contributed by atoms with Gasteiger partial charge in [0.15, 0.2) is 5.17 Å². The molecule has 1 fully saturated rings. The molecule has 1 heterocycles. The molecule has 3 rings (SSSR count). The van der Waals surface area contributed by atoms with Crippen molar-refractivity contribution in [3.05, 3.63) is 48.0 Å². The summed E-state index contributed by atoms with van der Waals surface area (Å²) in [5.74, 6) is 0.665. The number of hydrazone groups is 1. The molecule has 1 saturated heterocycles. The van der Waals surface area contributed by atoms with Crippen LogP contribution in [0.2, 0.25) is 0 Å². The molecule has 0 aromatic heterocycles. The van der Waals surface area contributed by atoms with Gasteiger partial charge in [-0.1, -0.05) is 11.8 Å². The highest BCUT2D eigenvalue weighted by Gasteiger charge is 2.32. The maximum absolute atomic E-state index is 12.4. The number of anilines is 1. The molecule has 0 unspecified atom stereocenters. The van der Waals surface area contributed by atoms with Crippen LogP contribution in [0.5, 0.6) is 17.2 Å². The Labute approximate surface area is 159 Å². The number of hydrogen-bond acceptors (Lipinski definition) is 7. The zero-order chi connectivity index (χ0) is 19.4. The number of hydrogen-bond donors (Lipinski definition) is 2. The Bertz CT molecular complexity index is 898. The Morgan fingerprint density at radius 1 is 1.19 bits per heavy atom. The van der Waals surface area contributed by atoms with Crippen LogP contribution >= 0.6 is 11.8 Å². The summed E-state index contributed by atoms with van der Waals surface area (Å²) in [4.78, 5) is 25.9. The highest BCUT2D eigenvalue weighted by molar-refractivity contribution is 8.15. The molecule has 0 radical (unpaired) electrons. The molecule has 9 heteroatoms. The Morgan fingerprint density at radius 3 is 2.59 bits per heavy atom. The summed E-state index contributed by atoms with van der Waals surface area (Å²) >= 11 is 1.21. The minimum Gasteiger partial charge on any atom is -0.508 e. The van der Waals surface area contributed by atoms with Crippen LogP contribution in [0.1, 0.15) is 10.4 Å². The molecule has 2 aromatic carbocycles. The third kappa shape index (κ3) is 3.98. The molecule has 27 heavy (non-hydrogen) atoms. The number of carbonyl (C=O) groups excluding carboxylic acids is 2. The number of phenols is 1. The number of thioether (sulfide) groups is 1. The van der Waals surface area contributed by atoms with Gasteiger partial charge in [-0.15, -0.1) is 5.10 Å². The predicted octanol–water partition coefficient (Wildman–Crippen LogP) is 2.19. The average molecular weight is 387 g/mol. The third-order valence-corrected chi connectivity index (χ3v) is 4.70. The first-order valence-electron chi connectivity index (χ1n) is 7.88. The van der Waals surface area contributed by atoms with Crippen molar-refractivity contribution in [2.24, 2.45) is 5.10 Å². The van der Waals surface area contributed by atoms with Crippen LogP contribution in [0.25, 0.3) is 0 Å². The van der Waals surface area contributed by atoms with Gasteiger partial charge in [0.05, 0.1) is 25.7 Å². The van der Waals surface area contributed by atoms with E-state index in [1.165, 1.54) is 55.1 Å². The van der Waals surface area contributed by atoms with E-state index in [4.69, 9.17) is 9.47 Å². The lowest BCUT2D eigenvalue weighted by atomic mass is 10.2. The molecule has 2 N–H and O–H groups in total. The van der Waals surface area contributed by atoms with Gasteiger partial charge in [0, 0.05) is 11.6 Å². The molecule has 0 atom stereocenters. The van der Waals surface area contributed by atoms with Crippen molar-refractivity contribution in [3.63, 3.8) is 0 Å². The van der Waals surface area contributed by atoms with Crippen molar-refractivity contribution in [1.82, 2.24) is 5.43 Å². The van der Waals surface area contributed by atoms with E-state index in [0.717, 1.165) is 0 Å². The second-order valence-electron chi connectivity index (χ2n) is 5.44. The summed E-state index contributed by atoms with van der Waals surface area (Å²) < 4.78 is 10.5. The Morgan fingerprint density at radius 2 is 1.93 bits per heavy atom. The summed E-state index contributed by atoms with van der Waals surface area (Å²) in [6.45, 7) is 0. The first-order chi connectivity index (χ1) is 13.0. The molecular weight excluding hydrogens is 370 g/mol. The van der Waals surface area contributed by atoms with Gasteiger partial charge >= 0.3 is 0 Å². The van der Waals surface area contributed by atoms with E-state index in [1.807, 2.05) is 0 Å². The summed E-state index contributed by atoms with van der Waals surface area (Å²) in [7, 11) is 3.03. The van der Waals surface area contributed by atoms with Crippen LogP contribution < -0.4 is 19.8 Å². The van der Waals surface area contributed by atoms with Gasteiger partial charge in [-0.3, -0.25) is 14.5 Å². The summed E-state index contributed by atoms with van der Waals surface area (Å²) in [5.41, 5.74) is 3.27. The largest absolute Gasteiger partial charge is 0.508 e. The van der Waals surface area contributed by atoms with Gasteiger partial charge in [-0.25, -0.2) is 5.43 Å². The van der Waals surface area contributed by atoms with Crippen LogP contribution in [-0.4, -0.2) is 42.1 Å². The fourth-order valence-corrected chi connectivity index (χ4v) is 3.25. The first kappa shape index (κ1) is 18.6. The summed E-state index contributed by atoms with van der Waals surface area (Å²) in [6.07, 6.45) is 0. The molecule has 1 aliphatic heterocycles. The van der Waals surface area contributed by atoms with E-state index in [2.05, 4.69) is 10.5 Å². The first-order valence-corrected chi connectivity index (χ1v) is 8.87. The normalized spacial score (nSPS) is 15.1. The minimum absolute atomic E-state index is 0.0626. The highest BCUT2D eigenvalue weighted by Crippen LogP contribution is 2.36. The van der Waals surface area contributed by atoms with E-state index >= 15 is 0 Å². The van der Waals surface area contributed by atoms with Crippen molar-refractivity contribution in [2.45, 2.75) is 0 Å². The Hall–Kier alpha value is -3.20. The van der Waals surface area contributed by atoms with E-state index < -0.39 is 5.91 Å². The van der Waals surface area contributed by atoms with E-state index in [9.17, 15) is 14.7 Å². The van der Waals surface area contributed by atoms with Gasteiger partial charge in [0.25, 0.3) is 5.91 Å². The van der Waals surface area contributed by atoms with E-state index in [1.54, 1.807) is 18.2 Å². The Balaban J connectivity index is 1.85. The molecule has 0 aliphatic carbocycles. The topological polar surface area (TPSA) is 100 Å². The number of nitrogens with one attached hydrogen (secondary N) is 1. The number of nitrogens with zero attached hydrogens (tertiary/aromatic N) is 2. The second-order valence-corrected chi connectivity index (χ2v) is 6.38. The van der Waals surface area contributed by atoms with Crippen molar-refractivity contribution < 1.29 is 24.2 Å². The number of amides is 2. The molecule has 2 aromatic rings. The Kier molecular flexibility index (Phi) is 5.51. The fraction of sp³-hybridized carbons (Fsp3) is 0.167. The number of aromatic hydroxyl groups is 1. The summed E-state index contributed by atoms with van der Waals surface area (Å²) in [5, 5.41) is 13.7. The number of carbonyl (C=O) groups is 2. The number of rotatable bonds is 5. The standard InChI is InChI=1S/C18H17N3O5S/c1-25-13-7-8-14(15(9-13)26-2)21-16(23)10-27-18(21)20-19-17(24)11-3-5-12(22)6-4-11/h3-9,22H,10H2,1-2H3,(H,19,24)/b20-18+. The van der Waals surface area contributed by atoms with Crippen LogP contribution in [0.15, 0.2) is 47.6 Å². The molecule has 1 aliphatic rings. The fourth-order valence-electron chi connectivity index (χ4n) is 2.43. The lowest BCUT2D eigenvalue weighted by Gasteiger charge is -2.19. The van der Waals surface area contributed by atoms with Crippen molar-refractivity contribution in [2.75, 3.05) is 24.9 Å². The maximum atomic E-state index is 12.4. The lowest BCUT2D eigenvalue weighted by molar-refractivity contribution is -0.115. The predicted molar refractivity (Wildman–Crippen MR) is 102 cm³/mol. The quantitative estimate of drug-likeness (QED) is 0.763. The van der Waals surface area contributed by atoms with Crippen LogP contribution in [0.3, 0.4) is 0 Å². The molecule has 0 bridgehead atoms. The van der Waals surface area contributed by atoms with E-state index in [-0.39, 0.29) is 17.4 Å². The van der Waals surface area contributed by atoms with Gasteiger partial charge < -0.3 is 14.6 Å². The minimum atomic E-state index is -0.455. The van der Waals surface area contributed by atoms with Gasteiger partial charge in [0.1, 0.15) is 17.2 Å². The zero-order valence-corrected chi connectivity index (χ0v) is 15.4. The van der Waals surface area contributed by atoms with Crippen LogP contribution in [0.4, 0.5) is 5.69 Å². The SMILES string of the molecule is COc1ccc(N2C(=O)CS/C2=N/NC(=O)c2ccc(O)cc2)c(OC)c1. The van der Waals surface area contributed by atoms with Crippen LogP contribution in [0, 0.1) is 0 Å². The van der Waals surface area contributed by atoms with Gasteiger partial charge in [-0.2, -0.15) is 0 Å². The zero-order valence-electron chi connectivity index (χ0n) is 14.6. The lowest BCUT2D eigenvalue weighted by Crippen LogP contribution is -2.31. The molecule has 140 valence electrons. The summed E-state index contributed by atoms with van der Waals surface area (Å²) in [6, 6.07) is 10.8. The number of phenolic OH excluding ortho intramolecular Hbond substituents is 1. The maximum Gasteiger partial charge on any atom is 0.271 e. The van der Waals surface area contributed by atoms with E-state index in [0.29, 0.717) is 27.9 Å². The number of ether oxygens (including phenoxy) is 2. The van der Waals surface area contributed by atoms with Crippen LogP contribution in [-0.2, 0) is 4.79 Å². The number of benzene rings is 2. The molecule has 0 spiro atoms. The second kappa shape index (κ2) is 8.00.